The number of aromatic nitrogens is 1. The molecule has 12 heteroatoms. The first-order valence-corrected chi connectivity index (χ1v) is 14.7. The van der Waals surface area contributed by atoms with E-state index < -0.39 is 72.4 Å². The van der Waals surface area contributed by atoms with Gasteiger partial charge in [0, 0.05) is 12.3 Å². The average molecular weight is 613 g/mol. The van der Waals surface area contributed by atoms with Crippen molar-refractivity contribution in [2.75, 3.05) is 13.7 Å². The number of pyridine rings is 1. The van der Waals surface area contributed by atoms with E-state index in [1.165, 1.54) is 26.3 Å². The Bertz CT molecular complexity index is 1330. The predicted molar refractivity (Wildman–Crippen MR) is 157 cm³/mol. The van der Waals surface area contributed by atoms with Gasteiger partial charge in [-0.3, -0.25) is 19.2 Å². The van der Waals surface area contributed by atoms with Crippen LogP contribution in [0.5, 0.6) is 11.5 Å². The minimum absolute atomic E-state index is 0.0834. The smallest absolute Gasteiger partial charge is 0.332 e. The zero-order valence-corrected chi connectivity index (χ0v) is 25.9. The van der Waals surface area contributed by atoms with Gasteiger partial charge in [-0.25, -0.2) is 9.78 Å². The first kappa shape index (κ1) is 34.0. The molecule has 0 unspecified atom stereocenters. The van der Waals surface area contributed by atoms with E-state index in [2.05, 4.69) is 10.3 Å². The molecule has 1 saturated heterocycles. The van der Waals surface area contributed by atoms with E-state index in [1.807, 2.05) is 44.2 Å². The van der Waals surface area contributed by atoms with Crippen LogP contribution < -0.4 is 14.8 Å². The molecule has 1 aliphatic rings. The van der Waals surface area contributed by atoms with Crippen molar-refractivity contribution in [3.63, 3.8) is 0 Å². The van der Waals surface area contributed by atoms with Crippen molar-refractivity contribution >= 4 is 29.8 Å². The molecule has 1 N–H and O–H groups in total. The van der Waals surface area contributed by atoms with Crippen LogP contribution in [0.2, 0.25) is 0 Å². The molecule has 1 fully saturated rings. The van der Waals surface area contributed by atoms with Gasteiger partial charge in [-0.05, 0) is 31.7 Å². The van der Waals surface area contributed by atoms with Crippen molar-refractivity contribution in [1.82, 2.24) is 10.3 Å². The molecule has 238 valence electrons. The first-order chi connectivity index (χ1) is 21.0. The summed E-state index contributed by atoms with van der Waals surface area (Å²) in [5, 5.41) is 2.47. The van der Waals surface area contributed by atoms with Crippen molar-refractivity contribution in [2.24, 2.45) is 17.8 Å². The molecule has 44 heavy (non-hydrogen) atoms. The lowest BCUT2D eigenvalue weighted by atomic mass is 9.91. The molecule has 0 saturated carbocycles. The summed E-state index contributed by atoms with van der Waals surface area (Å²) in [6.07, 6.45) is 0.245. The highest BCUT2D eigenvalue weighted by atomic mass is 16.6. The van der Waals surface area contributed by atoms with Gasteiger partial charge in [0.2, 0.25) is 5.75 Å². The van der Waals surface area contributed by atoms with Crippen molar-refractivity contribution in [3.05, 3.63) is 53.9 Å². The molecule has 1 aliphatic heterocycles. The fraction of sp³-hybridized carbons (Fsp3) is 0.500. The van der Waals surface area contributed by atoms with Crippen molar-refractivity contribution < 1.29 is 47.7 Å². The van der Waals surface area contributed by atoms with Crippen LogP contribution in [0.25, 0.3) is 0 Å². The van der Waals surface area contributed by atoms with E-state index >= 15 is 0 Å². The number of hydrogen-bond acceptors (Lipinski definition) is 11. The van der Waals surface area contributed by atoms with Gasteiger partial charge in [0.1, 0.15) is 18.6 Å². The van der Waals surface area contributed by atoms with E-state index in [0.717, 1.165) is 5.56 Å². The summed E-state index contributed by atoms with van der Waals surface area (Å²) in [5.74, 6) is -5.76. The molecular formula is C32H40N2O10. The maximum atomic E-state index is 13.4. The van der Waals surface area contributed by atoms with Gasteiger partial charge in [-0.15, -0.1) is 0 Å². The second-order valence-corrected chi connectivity index (χ2v) is 10.8. The normalized spacial score (nSPS) is 20.5. The van der Waals surface area contributed by atoms with Gasteiger partial charge in [-0.1, -0.05) is 58.0 Å². The molecule has 2 heterocycles. The second-order valence-electron chi connectivity index (χ2n) is 10.8. The summed E-state index contributed by atoms with van der Waals surface area (Å²) in [6, 6.07) is 9.04. The number of ether oxygens (including phenoxy) is 5. The molecule has 4 atom stereocenters. The molecule has 1 amide bonds. The Morgan fingerprint density at radius 1 is 1.02 bits per heavy atom. The number of nitrogens with one attached hydrogen (secondary N) is 1. The summed E-state index contributed by atoms with van der Waals surface area (Å²) < 4.78 is 27.7. The lowest BCUT2D eigenvalue weighted by Gasteiger charge is -2.29. The first-order valence-electron chi connectivity index (χ1n) is 14.7. The minimum atomic E-state index is -1.46. The average Bonchev–Trinajstić information content (AvgIpc) is 3.04. The molecule has 12 nitrogen and oxygen atoms in total. The zero-order valence-electron chi connectivity index (χ0n) is 25.9. The van der Waals surface area contributed by atoms with Crippen LogP contribution in [0, 0.1) is 17.8 Å². The summed E-state index contributed by atoms with van der Waals surface area (Å²) in [7, 11) is 1.34. The third-order valence-corrected chi connectivity index (χ3v) is 7.29. The van der Waals surface area contributed by atoms with E-state index in [0.29, 0.717) is 12.8 Å². The fourth-order valence-electron chi connectivity index (χ4n) is 4.63. The number of benzene rings is 1. The minimum Gasteiger partial charge on any atom is -0.493 e. The van der Waals surface area contributed by atoms with Crippen LogP contribution in [0.4, 0.5) is 0 Å². The van der Waals surface area contributed by atoms with Crippen molar-refractivity contribution in [1.29, 1.82) is 0 Å². The molecule has 0 spiro atoms. The maximum Gasteiger partial charge on any atom is 0.332 e. The standard InChI is InChI=1S/C32H40N2O10/c1-7-21(8-2)30(37)44-27-24(40-6)14-15-33-25(27)28(35)34-23-17-41-31(38)22(16-20-12-10-9-11-13-20)26(19(5)42-32(23)39)43-29(36)18(3)4/h9-15,18-19,21-23,26H,7-8,16-17H2,1-6H3,(H,34,35)/t19-,22+,23-,26-/m0/s1. The number of hydrogen-bond donors (Lipinski definition) is 1. The van der Waals surface area contributed by atoms with Crippen LogP contribution in [0.3, 0.4) is 0 Å². The number of amides is 1. The zero-order chi connectivity index (χ0) is 32.4. The van der Waals surface area contributed by atoms with Crippen LogP contribution in [0.15, 0.2) is 42.6 Å². The topological polar surface area (TPSA) is 156 Å². The second kappa shape index (κ2) is 15.8. The third-order valence-electron chi connectivity index (χ3n) is 7.29. The monoisotopic (exact) mass is 612 g/mol. The Kier molecular flexibility index (Phi) is 12.2. The summed E-state index contributed by atoms with van der Waals surface area (Å²) >= 11 is 0. The largest absolute Gasteiger partial charge is 0.493 e. The highest BCUT2D eigenvalue weighted by Crippen LogP contribution is 2.31. The van der Waals surface area contributed by atoms with Gasteiger partial charge >= 0.3 is 23.9 Å². The molecule has 0 bridgehead atoms. The quantitative estimate of drug-likeness (QED) is 0.293. The van der Waals surface area contributed by atoms with Gasteiger partial charge in [-0.2, -0.15) is 0 Å². The summed E-state index contributed by atoms with van der Waals surface area (Å²) in [6.45, 7) is 7.91. The highest BCUT2D eigenvalue weighted by Gasteiger charge is 2.42. The Hall–Kier alpha value is -4.48. The van der Waals surface area contributed by atoms with Crippen LogP contribution in [0.1, 0.15) is 63.5 Å². The lowest BCUT2D eigenvalue weighted by molar-refractivity contribution is -0.176. The van der Waals surface area contributed by atoms with Crippen LogP contribution >= 0.6 is 0 Å². The van der Waals surface area contributed by atoms with Gasteiger partial charge < -0.3 is 29.0 Å². The van der Waals surface area contributed by atoms with Crippen molar-refractivity contribution in [3.8, 4) is 11.5 Å². The number of methoxy groups -OCH3 is 1. The Labute approximate surface area is 256 Å². The maximum absolute atomic E-state index is 13.4. The summed E-state index contributed by atoms with van der Waals surface area (Å²) in [5.41, 5.74) is 0.462. The third kappa shape index (κ3) is 8.55. The highest BCUT2D eigenvalue weighted by molar-refractivity contribution is 5.99. The Morgan fingerprint density at radius 2 is 1.70 bits per heavy atom. The molecule has 1 aromatic carbocycles. The Balaban J connectivity index is 1.90. The number of carbonyl (C=O) groups excluding carboxylic acids is 5. The number of esters is 4. The van der Waals surface area contributed by atoms with E-state index in [1.54, 1.807) is 13.8 Å². The van der Waals surface area contributed by atoms with Gasteiger partial charge in [0.25, 0.3) is 5.91 Å². The van der Waals surface area contributed by atoms with Crippen LogP contribution in [-0.4, -0.2) is 66.7 Å². The van der Waals surface area contributed by atoms with Crippen LogP contribution in [-0.2, 0) is 39.8 Å². The molecular weight excluding hydrogens is 572 g/mol. The SMILES string of the molecule is CCC(CC)C(=O)Oc1c(OC)ccnc1C(=O)N[C@H]1COC(=O)[C@H](Cc2ccccc2)[C@@H](OC(=O)C(C)C)[C@H](C)OC1=O. The van der Waals surface area contributed by atoms with E-state index in [4.69, 9.17) is 23.7 Å². The molecule has 1 aromatic heterocycles. The summed E-state index contributed by atoms with van der Waals surface area (Å²) in [4.78, 5) is 69.6. The molecule has 2 aromatic rings. The molecule has 3 rings (SSSR count). The van der Waals surface area contributed by atoms with Gasteiger partial charge in [0.05, 0.1) is 18.9 Å². The lowest BCUT2D eigenvalue weighted by Crippen LogP contribution is -2.47. The Morgan fingerprint density at radius 3 is 2.32 bits per heavy atom. The van der Waals surface area contributed by atoms with E-state index in [-0.39, 0.29) is 23.6 Å². The number of carbonyl (C=O) groups is 5. The number of rotatable bonds is 11. The molecule has 0 radical (unpaired) electrons. The number of nitrogens with zero attached hydrogens (tertiary/aromatic N) is 1. The predicted octanol–water partition coefficient (Wildman–Crippen LogP) is 3.45. The number of cyclic esters (lactones) is 2. The van der Waals surface area contributed by atoms with Crippen molar-refractivity contribution in [2.45, 2.75) is 72.1 Å². The fourth-order valence-corrected chi connectivity index (χ4v) is 4.63. The van der Waals surface area contributed by atoms with Gasteiger partial charge in [0.15, 0.2) is 23.6 Å². The van der Waals surface area contributed by atoms with E-state index in [9.17, 15) is 24.0 Å². The molecule has 0 aliphatic carbocycles.